The topological polar surface area (TPSA) is 150 Å². The number of nitrogens with zero attached hydrogens (tertiary/aromatic N) is 3. The van der Waals surface area contributed by atoms with Gasteiger partial charge in [0.15, 0.2) is 22.0 Å². The molecule has 14 heteroatoms. The van der Waals surface area contributed by atoms with Crippen LogP contribution in [0.1, 0.15) is 30.6 Å². The summed E-state index contributed by atoms with van der Waals surface area (Å²) in [5.41, 5.74) is 1.52. The molecule has 0 saturated carbocycles. The van der Waals surface area contributed by atoms with Crippen LogP contribution in [0.25, 0.3) is 10.6 Å². The second kappa shape index (κ2) is 8.83. The Hall–Kier alpha value is -1.84. The number of sulfone groups is 1. The highest BCUT2D eigenvalue weighted by Gasteiger charge is 2.51. The van der Waals surface area contributed by atoms with Gasteiger partial charge in [-0.05, 0) is 31.4 Å². The molecule has 0 aliphatic carbocycles. The molecule has 2 fully saturated rings. The van der Waals surface area contributed by atoms with Crippen LogP contribution >= 0.6 is 11.3 Å². The Morgan fingerprint density at radius 3 is 2.59 bits per heavy atom. The first-order chi connectivity index (χ1) is 15.2. The van der Waals surface area contributed by atoms with Crippen molar-refractivity contribution >= 4 is 37.3 Å². The second-order valence-corrected chi connectivity index (χ2v) is 13.2. The second-order valence-electron chi connectivity index (χ2n) is 7.82. The Balaban J connectivity index is 1.73. The molecule has 0 radical (unpaired) electrons. The first-order valence-corrected chi connectivity index (χ1v) is 14.0. The lowest BCUT2D eigenvalue weighted by Crippen LogP contribution is -2.43. The lowest BCUT2D eigenvalue weighted by atomic mass is 9.97. The molecule has 2 aromatic heterocycles. The van der Waals surface area contributed by atoms with Crippen molar-refractivity contribution in [2.45, 2.75) is 30.4 Å². The van der Waals surface area contributed by atoms with E-state index in [1.54, 1.807) is 12.1 Å². The fourth-order valence-electron chi connectivity index (χ4n) is 4.22. The highest BCUT2D eigenvalue weighted by molar-refractivity contribution is 7.92. The average Bonchev–Trinajstić information content (AvgIpc) is 3.52. The Morgan fingerprint density at radius 1 is 1.22 bits per heavy atom. The van der Waals surface area contributed by atoms with Crippen molar-refractivity contribution in [3.8, 4) is 10.6 Å². The first-order valence-electron chi connectivity index (χ1n) is 10.1. The van der Waals surface area contributed by atoms with Crippen LogP contribution in [0.3, 0.4) is 0 Å². The zero-order valence-corrected chi connectivity index (χ0v) is 19.6. The molecule has 4 rings (SSSR count). The van der Waals surface area contributed by atoms with Crippen LogP contribution in [0.15, 0.2) is 29.1 Å². The molecule has 1 atom stereocenters. The lowest BCUT2D eigenvalue weighted by Gasteiger charge is -2.30. The predicted octanol–water partition coefficient (Wildman–Crippen LogP) is 0.955. The molecule has 0 unspecified atom stereocenters. The molecule has 0 spiro atoms. The van der Waals surface area contributed by atoms with E-state index >= 15 is 0 Å². The van der Waals surface area contributed by atoms with Crippen molar-refractivity contribution in [3.05, 3.63) is 29.6 Å². The zero-order valence-electron chi connectivity index (χ0n) is 17.1. The highest BCUT2D eigenvalue weighted by atomic mass is 32.2. The van der Waals surface area contributed by atoms with Crippen LogP contribution in [0.2, 0.25) is 0 Å². The molecule has 11 nitrogen and oxygen atoms in total. The van der Waals surface area contributed by atoms with E-state index in [4.69, 9.17) is 9.62 Å². The van der Waals surface area contributed by atoms with E-state index in [-0.39, 0.29) is 19.5 Å². The Morgan fingerprint density at radius 2 is 1.94 bits per heavy atom. The monoisotopic (exact) mass is 504 g/mol. The van der Waals surface area contributed by atoms with Gasteiger partial charge in [0.25, 0.3) is 10.2 Å². The van der Waals surface area contributed by atoms with Crippen molar-refractivity contribution in [1.29, 1.82) is 0 Å². The van der Waals surface area contributed by atoms with Crippen molar-refractivity contribution in [2.24, 2.45) is 0 Å². The molecule has 176 valence electrons. The van der Waals surface area contributed by atoms with Crippen LogP contribution in [0.5, 0.6) is 0 Å². The molecule has 32 heavy (non-hydrogen) atoms. The van der Waals surface area contributed by atoms with E-state index < -0.39 is 42.9 Å². The summed E-state index contributed by atoms with van der Waals surface area (Å²) in [6.45, 7) is 0.570. The molecular formula is C18H24N4O7S3. The molecule has 1 amide bonds. The third-order valence-electron chi connectivity index (χ3n) is 5.99. The molecule has 2 saturated heterocycles. The molecule has 2 aliphatic rings. The number of rotatable bonds is 6. The normalized spacial score (nSPS) is 24.9. The maximum atomic E-state index is 13.5. The number of hydrogen-bond acceptors (Lipinski definition) is 9. The van der Waals surface area contributed by atoms with Gasteiger partial charge in [0.05, 0.1) is 23.2 Å². The third-order valence-corrected chi connectivity index (χ3v) is 11.9. The maximum absolute atomic E-state index is 13.5. The van der Waals surface area contributed by atoms with E-state index in [0.29, 0.717) is 28.6 Å². The summed E-state index contributed by atoms with van der Waals surface area (Å²) in [7, 11) is -7.78. The third kappa shape index (κ3) is 4.10. The molecule has 2 N–H and O–H groups in total. The number of hydrogen-bond donors (Lipinski definition) is 2. The first kappa shape index (κ1) is 23.3. The predicted molar refractivity (Wildman–Crippen MR) is 116 cm³/mol. The van der Waals surface area contributed by atoms with Gasteiger partial charge in [-0.15, -0.1) is 11.3 Å². The summed E-state index contributed by atoms with van der Waals surface area (Å²) < 4.78 is 59.4. The summed E-state index contributed by atoms with van der Waals surface area (Å²) >= 11 is 1.14. The van der Waals surface area contributed by atoms with Crippen molar-refractivity contribution < 1.29 is 31.3 Å². The number of aromatic nitrogens is 1. The van der Waals surface area contributed by atoms with Gasteiger partial charge in [0.2, 0.25) is 5.91 Å². The summed E-state index contributed by atoms with van der Waals surface area (Å²) in [6.07, 6.45) is 3.64. The minimum atomic E-state index is -3.98. The number of nitrogens with one attached hydrogen (secondary N) is 1. The fraction of sp³-hybridized carbons (Fsp3) is 0.556. The SMILES string of the molecule is O=C(C[C@]1(c2ccc(-c3cnco3)s2)CCN(S(=O)(=O)N2CCCC2)CCS1(=O)=O)NO. The van der Waals surface area contributed by atoms with Gasteiger partial charge < -0.3 is 4.42 Å². The van der Waals surface area contributed by atoms with Crippen LogP contribution in [-0.4, -0.2) is 73.5 Å². The van der Waals surface area contributed by atoms with Gasteiger partial charge in [-0.1, -0.05) is 0 Å². The molecule has 0 aromatic carbocycles. The van der Waals surface area contributed by atoms with Gasteiger partial charge in [0.1, 0.15) is 4.75 Å². The van der Waals surface area contributed by atoms with Gasteiger partial charge >= 0.3 is 0 Å². The number of carbonyl (C=O) groups excluding carboxylic acids is 1. The van der Waals surface area contributed by atoms with Crippen molar-refractivity contribution in [1.82, 2.24) is 19.1 Å². The largest absolute Gasteiger partial charge is 0.443 e. The average molecular weight is 505 g/mol. The molecular weight excluding hydrogens is 480 g/mol. The van der Waals surface area contributed by atoms with Crippen molar-refractivity contribution in [3.63, 3.8) is 0 Å². The summed E-state index contributed by atoms with van der Waals surface area (Å²) in [5.74, 6) is -0.847. The number of amides is 1. The number of thiophene rings is 1. The Kier molecular flexibility index (Phi) is 6.44. The quantitative estimate of drug-likeness (QED) is 0.436. The van der Waals surface area contributed by atoms with E-state index in [1.807, 2.05) is 0 Å². The summed E-state index contributed by atoms with van der Waals surface area (Å²) in [6, 6.07) is 3.29. The van der Waals surface area contributed by atoms with Gasteiger partial charge in [-0.25, -0.2) is 18.9 Å². The van der Waals surface area contributed by atoms with Gasteiger partial charge in [-0.2, -0.15) is 17.0 Å². The fourth-order valence-corrected chi connectivity index (χ4v) is 9.58. The molecule has 2 aliphatic heterocycles. The van der Waals surface area contributed by atoms with Crippen LogP contribution < -0.4 is 5.48 Å². The van der Waals surface area contributed by atoms with Gasteiger partial charge in [-0.3, -0.25) is 10.0 Å². The minimum Gasteiger partial charge on any atom is -0.443 e. The summed E-state index contributed by atoms with van der Waals surface area (Å²) in [4.78, 5) is 17.1. The smallest absolute Gasteiger partial charge is 0.282 e. The molecule has 0 bridgehead atoms. The van der Waals surface area contributed by atoms with Crippen LogP contribution in [0, 0.1) is 0 Å². The Labute approximate surface area is 190 Å². The number of oxazole rings is 1. The van der Waals surface area contributed by atoms with E-state index in [1.165, 1.54) is 26.7 Å². The molecule has 4 heterocycles. The standard InChI is InChI=1S/C18H24N4O7S3/c23-17(20-24)11-18(16-4-3-15(30-16)14-12-19-13-29-14)5-8-22(9-10-31(18,25)26)32(27,28)21-6-1-2-7-21/h3-4,12-13,24H,1-2,5-11H2,(H,20,23)/t18-/m0/s1. The van der Waals surface area contributed by atoms with Crippen molar-refractivity contribution in [2.75, 3.05) is 31.9 Å². The minimum absolute atomic E-state index is 0.0632. The zero-order chi connectivity index (χ0) is 23.0. The van der Waals surface area contributed by atoms with Crippen LogP contribution in [0.4, 0.5) is 0 Å². The lowest BCUT2D eigenvalue weighted by molar-refractivity contribution is -0.129. The summed E-state index contributed by atoms with van der Waals surface area (Å²) in [5, 5.41) is 9.12. The molecule has 2 aromatic rings. The van der Waals surface area contributed by atoms with Gasteiger partial charge in [0, 0.05) is 31.1 Å². The highest BCUT2D eigenvalue weighted by Crippen LogP contribution is 2.45. The van der Waals surface area contributed by atoms with Crippen LogP contribution in [-0.2, 0) is 29.6 Å². The van der Waals surface area contributed by atoms with E-state index in [2.05, 4.69) is 4.98 Å². The Bertz CT molecular complexity index is 1170. The number of carbonyl (C=O) groups is 1. The maximum Gasteiger partial charge on any atom is 0.282 e. The van der Waals surface area contributed by atoms with E-state index in [9.17, 15) is 21.6 Å². The van der Waals surface area contributed by atoms with E-state index in [0.717, 1.165) is 24.2 Å². The number of hydroxylamine groups is 1.